The molecule has 3 rings (SSSR count). The standard InChI is InChI=1S/C18H26N2O2.ClH/c19-13-18(9-11-22-12-10-18)17(21)20-16-8-4-7-15(16)14-5-2-1-3-6-14;/h1-3,5-6,15-16H,4,7-13,19H2,(H,20,21);1H. The molecule has 2 aliphatic rings. The minimum atomic E-state index is -0.428. The minimum absolute atomic E-state index is 0. The van der Waals surface area contributed by atoms with Crippen molar-refractivity contribution in [2.24, 2.45) is 11.1 Å². The normalized spacial score (nSPS) is 26.3. The van der Waals surface area contributed by atoms with Crippen molar-refractivity contribution < 1.29 is 9.53 Å². The van der Waals surface area contributed by atoms with E-state index in [-0.39, 0.29) is 24.4 Å². The van der Waals surface area contributed by atoms with E-state index < -0.39 is 5.41 Å². The number of hydrogen-bond acceptors (Lipinski definition) is 3. The predicted molar refractivity (Wildman–Crippen MR) is 93.8 cm³/mol. The van der Waals surface area contributed by atoms with Crippen LogP contribution in [0.1, 0.15) is 43.6 Å². The molecule has 4 nitrogen and oxygen atoms in total. The van der Waals surface area contributed by atoms with Crippen molar-refractivity contribution in [2.75, 3.05) is 19.8 Å². The first-order valence-corrected chi connectivity index (χ1v) is 8.39. The van der Waals surface area contributed by atoms with Crippen LogP contribution in [0, 0.1) is 5.41 Å². The maximum Gasteiger partial charge on any atom is 0.227 e. The summed E-state index contributed by atoms with van der Waals surface area (Å²) in [5.41, 5.74) is 6.85. The molecule has 0 radical (unpaired) electrons. The lowest BCUT2D eigenvalue weighted by atomic mass is 9.79. The Morgan fingerprint density at radius 1 is 1.22 bits per heavy atom. The van der Waals surface area contributed by atoms with Crippen LogP contribution in [0.5, 0.6) is 0 Å². The number of benzene rings is 1. The smallest absolute Gasteiger partial charge is 0.227 e. The van der Waals surface area contributed by atoms with E-state index in [2.05, 4.69) is 29.6 Å². The summed E-state index contributed by atoms with van der Waals surface area (Å²) in [5, 5.41) is 3.31. The third kappa shape index (κ3) is 3.87. The van der Waals surface area contributed by atoms with E-state index in [1.54, 1.807) is 0 Å². The molecular weight excluding hydrogens is 312 g/mol. The van der Waals surface area contributed by atoms with Gasteiger partial charge in [-0.3, -0.25) is 4.79 Å². The topological polar surface area (TPSA) is 64.4 Å². The van der Waals surface area contributed by atoms with Crippen LogP contribution in [0.4, 0.5) is 0 Å². The number of nitrogens with one attached hydrogen (secondary N) is 1. The zero-order valence-electron chi connectivity index (χ0n) is 13.5. The summed E-state index contributed by atoms with van der Waals surface area (Å²) >= 11 is 0. The Kier molecular flexibility index (Phi) is 6.45. The monoisotopic (exact) mass is 338 g/mol. The first-order valence-electron chi connectivity index (χ1n) is 8.39. The molecule has 2 unspecified atom stereocenters. The molecule has 1 heterocycles. The Bertz CT molecular complexity index is 503. The van der Waals surface area contributed by atoms with Gasteiger partial charge in [-0.2, -0.15) is 0 Å². The molecular formula is C18H27ClN2O2. The zero-order valence-corrected chi connectivity index (χ0v) is 14.3. The summed E-state index contributed by atoms with van der Waals surface area (Å²) in [6, 6.07) is 10.8. The molecule has 128 valence electrons. The molecule has 2 fully saturated rings. The summed E-state index contributed by atoms with van der Waals surface area (Å²) in [5.74, 6) is 0.561. The second-order valence-corrected chi connectivity index (χ2v) is 6.62. The van der Waals surface area contributed by atoms with E-state index in [0.29, 0.717) is 25.7 Å². The van der Waals surface area contributed by atoms with E-state index in [9.17, 15) is 4.79 Å². The summed E-state index contributed by atoms with van der Waals surface area (Å²) in [6.07, 6.45) is 4.84. The van der Waals surface area contributed by atoms with Crippen LogP contribution in [-0.4, -0.2) is 31.7 Å². The molecule has 3 N–H and O–H groups in total. The SMILES string of the molecule is Cl.NCC1(C(=O)NC2CCCC2c2ccccc2)CCOCC1. The predicted octanol–water partition coefficient (Wildman–Crippen LogP) is 2.62. The van der Waals surface area contributed by atoms with E-state index in [1.165, 1.54) is 12.0 Å². The van der Waals surface area contributed by atoms with Crippen LogP contribution in [-0.2, 0) is 9.53 Å². The quantitative estimate of drug-likeness (QED) is 0.887. The van der Waals surface area contributed by atoms with Crippen molar-refractivity contribution in [3.8, 4) is 0 Å². The van der Waals surface area contributed by atoms with Crippen molar-refractivity contribution in [1.82, 2.24) is 5.32 Å². The molecule has 1 saturated carbocycles. The Balaban J connectivity index is 0.00000192. The molecule has 1 aliphatic carbocycles. The second kappa shape index (κ2) is 8.13. The number of halogens is 1. The van der Waals surface area contributed by atoms with Crippen molar-refractivity contribution in [2.45, 2.75) is 44.1 Å². The fraction of sp³-hybridized carbons (Fsp3) is 0.611. The highest BCUT2D eigenvalue weighted by Gasteiger charge is 2.41. The lowest BCUT2D eigenvalue weighted by Gasteiger charge is -2.36. The third-order valence-electron chi connectivity index (χ3n) is 5.38. The molecule has 1 aromatic carbocycles. The number of nitrogens with two attached hydrogens (primary N) is 1. The van der Waals surface area contributed by atoms with Crippen LogP contribution in [0.2, 0.25) is 0 Å². The van der Waals surface area contributed by atoms with Crippen molar-refractivity contribution in [3.63, 3.8) is 0 Å². The molecule has 5 heteroatoms. The molecule has 23 heavy (non-hydrogen) atoms. The fourth-order valence-electron chi connectivity index (χ4n) is 3.84. The third-order valence-corrected chi connectivity index (χ3v) is 5.38. The van der Waals surface area contributed by atoms with Crippen LogP contribution >= 0.6 is 12.4 Å². The Labute approximate surface area is 144 Å². The Morgan fingerprint density at radius 3 is 2.57 bits per heavy atom. The summed E-state index contributed by atoms with van der Waals surface area (Å²) in [7, 11) is 0. The average Bonchev–Trinajstić information content (AvgIpc) is 3.04. The van der Waals surface area contributed by atoms with Gasteiger partial charge in [0.15, 0.2) is 0 Å². The lowest BCUT2D eigenvalue weighted by Crippen LogP contribution is -2.52. The van der Waals surface area contributed by atoms with Crippen molar-refractivity contribution >= 4 is 18.3 Å². The summed E-state index contributed by atoms with van der Waals surface area (Å²) < 4.78 is 5.40. The second-order valence-electron chi connectivity index (χ2n) is 6.62. The number of ether oxygens (including phenoxy) is 1. The van der Waals surface area contributed by atoms with Crippen molar-refractivity contribution in [3.05, 3.63) is 35.9 Å². The maximum absolute atomic E-state index is 12.8. The molecule has 0 aromatic heterocycles. The Hall–Kier alpha value is -1.10. The highest BCUT2D eigenvalue weighted by molar-refractivity contribution is 5.85. The number of carbonyl (C=O) groups is 1. The van der Waals surface area contributed by atoms with Gasteiger partial charge in [0.25, 0.3) is 0 Å². The van der Waals surface area contributed by atoms with Gasteiger partial charge in [-0.05, 0) is 31.2 Å². The number of hydrogen-bond donors (Lipinski definition) is 2. The summed E-state index contributed by atoms with van der Waals surface area (Å²) in [6.45, 7) is 1.68. The molecule has 1 saturated heterocycles. The highest BCUT2D eigenvalue weighted by Crippen LogP contribution is 2.36. The van der Waals surface area contributed by atoms with Gasteiger partial charge in [-0.15, -0.1) is 12.4 Å². The fourth-order valence-corrected chi connectivity index (χ4v) is 3.84. The van der Waals surface area contributed by atoms with Gasteiger partial charge in [0, 0.05) is 31.7 Å². The average molecular weight is 339 g/mol. The van der Waals surface area contributed by atoms with E-state index in [1.807, 2.05) is 6.07 Å². The largest absolute Gasteiger partial charge is 0.381 e. The zero-order chi connectivity index (χ0) is 15.4. The van der Waals surface area contributed by atoms with Crippen LogP contribution < -0.4 is 11.1 Å². The van der Waals surface area contributed by atoms with Gasteiger partial charge in [0.05, 0.1) is 5.41 Å². The number of carbonyl (C=O) groups excluding carboxylic acids is 1. The molecule has 2 atom stereocenters. The molecule has 0 bridgehead atoms. The summed E-state index contributed by atoms with van der Waals surface area (Å²) in [4.78, 5) is 12.8. The number of amides is 1. The van der Waals surface area contributed by atoms with Gasteiger partial charge in [-0.1, -0.05) is 36.8 Å². The van der Waals surface area contributed by atoms with Crippen molar-refractivity contribution in [1.29, 1.82) is 0 Å². The maximum atomic E-state index is 12.8. The first-order chi connectivity index (χ1) is 10.7. The molecule has 1 aliphatic heterocycles. The van der Waals surface area contributed by atoms with Gasteiger partial charge in [-0.25, -0.2) is 0 Å². The van der Waals surface area contributed by atoms with Crippen LogP contribution in [0.3, 0.4) is 0 Å². The molecule has 1 amide bonds. The van der Waals surface area contributed by atoms with E-state index in [4.69, 9.17) is 10.5 Å². The van der Waals surface area contributed by atoms with Gasteiger partial charge < -0.3 is 15.8 Å². The minimum Gasteiger partial charge on any atom is -0.381 e. The number of rotatable bonds is 4. The molecule has 1 aromatic rings. The van der Waals surface area contributed by atoms with Gasteiger partial charge >= 0.3 is 0 Å². The lowest BCUT2D eigenvalue weighted by molar-refractivity contribution is -0.136. The van der Waals surface area contributed by atoms with Gasteiger partial charge in [0.2, 0.25) is 5.91 Å². The van der Waals surface area contributed by atoms with E-state index >= 15 is 0 Å². The Morgan fingerprint density at radius 2 is 1.91 bits per heavy atom. The highest BCUT2D eigenvalue weighted by atomic mass is 35.5. The van der Waals surface area contributed by atoms with E-state index in [0.717, 1.165) is 25.7 Å². The van der Waals surface area contributed by atoms with Gasteiger partial charge in [0.1, 0.15) is 0 Å². The first kappa shape index (κ1) is 18.2. The van der Waals surface area contributed by atoms with Crippen LogP contribution in [0.15, 0.2) is 30.3 Å². The molecule has 0 spiro atoms. The van der Waals surface area contributed by atoms with Crippen LogP contribution in [0.25, 0.3) is 0 Å².